The van der Waals surface area contributed by atoms with Gasteiger partial charge in [-0.2, -0.15) is 8.42 Å². The third-order valence-electron chi connectivity index (χ3n) is 3.03. The Morgan fingerprint density at radius 3 is 2.10 bits per heavy atom. The quantitative estimate of drug-likeness (QED) is 0.507. The predicted molar refractivity (Wildman–Crippen MR) is 82.9 cm³/mol. The van der Waals surface area contributed by atoms with E-state index in [4.69, 9.17) is 16.1 Å². The molecule has 1 saturated heterocycles. The molecular weight excluding hydrogens is 292 g/mol. The molecule has 5 N–H and O–H groups in total. The monoisotopic (exact) mass is 316 g/mol. The molecule has 1 aliphatic heterocycles. The molecule has 0 radical (unpaired) electrons. The highest BCUT2D eigenvalue weighted by Crippen LogP contribution is 2.06. The Labute approximate surface area is 126 Å². The van der Waals surface area contributed by atoms with Crippen molar-refractivity contribution < 1.29 is 13.0 Å². The molecule has 1 heterocycles. The van der Waals surface area contributed by atoms with Crippen molar-refractivity contribution in [1.82, 2.24) is 9.91 Å². The predicted octanol–water partition coefficient (Wildman–Crippen LogP) is -0.489. The molecule has 1 fully saturated rings. The van der Waals surface area contributed by atoms with Crippen LogP contribution in [0.15, 0.2) is 30.3 Å². The minimum Gasteiger partial charge on any atom is -0.329 e. The summed E-state index contributed by atoms with van der Waals surface area (Å²) < 4.78 is 27.3. The lowest BCUT2D eigenvalue weighted by molar-refractivity contribution is 0.128. The number of nitrogens with zero attached hydrogens (tertiary/aromatic N) is 2. The van der Waals surface area contributed by atoms with Gasteiger partial charge in [-0.15, -0.1) is 0 Å². The lowest BCUT2D eigenvalue weighted by atomic mass is 10.2. The summed E-state index contributed by atoms with van der Waals surface area (Å²) in [7, 11) is -3.80. The first-order valence-electron chi connectivity index (χ1n) is 6.82. The molecule has 1 aromatic rings. The van der Waals surface area contributed by atoms with Crippen molar-refractivity contribution in [1.29, 1.82) is 0 Å². The molecule has 8 heteroatoms. The number of hydrogen-bond donors (Lipinski definition) is 3. The molecule has 1 aliphatic rings. The number of hydrazine groups is 1. The van der Waals surface area contributed by atoms with Gasteiger partial charge >= 0.3 is 0 Å². The maximum Gasteiger partial charge on any atom is 0.266 e. The second-order valence-electron chi connectivity index (χ2n) is 4.87. The number of hydrogen-bond acceptors (Lipinski definition) is 6. The molecule has 21 heavy (non-hydrogen) atoms. The van der Waals surface area contributed by atoms with E-state index in [2.05, 4.69) is 35.2 Å². The molecule has 0 atom stereocenters. The number of piperazine rings is 1. The van der Waals surface area contributed by atoms with Crippen molar-refractivity contribution in [3.63, 3.8) is 0 Å². The van der Waals surface area contributed by atoms with Crippen LogP contribution < -0.4 is 11.6 Å². The second-order valence-corrected chi connectivity index (χ2v) is 6.44. The standard InChI is InChI=1S/C11H17N3.C2H7NO3S/c12-14-8-6-13(7-9-14)10-11-4-2-1-3-5-11;3-1-2-7(4,5)6/h1-5H,6-10,12H2;1-3H2,(H,4,5,6). The fourth-order valence-electron chi connectivity index (χ4n) is 1.91. The van der Waals surface area contributed by atoms with Gasteiger partial charge in [0.25, 0.3) is 10.1 Å². The topological polar surface area (TPSA) is 113 Å². The summed E-state index contributed by atoms with van der Waals surface area (Å²) in [5.41, 5.74) is 6.16. The highest BCUT2D eigenvalue weighted by Gasteiger charge is 2.13. The number of nitrogens with two attached hydrogens (primary N) is 2. The Balaban J connectivity index is 0.000000270. The summed E-state index contributed by atoms with van der Waals surface area (Å²) in [4.78, 5) is 2.44. The van der Waals surface area contributed by atoms with Crippen LogP contribution in [0.3, 0.4) is 0 Å². The number of rotatable bonds is 4. The van der Waals surface area contributed by atoms with Crippen molar-refractivity contribution in [2.45, 2.75) is 6.54 Å². The lowest BCUT2D eigenvalue weighted by Gasteiger charge is -2.31. The molecule has 2 rings (SSSR count). The van der Waals surface area contributed by atoms with Crippen LogP contribution >= 0.6 is 0 Å². The van der Waals surface area contributed by atoms with Crippen molar-refractivity contribution >= 4 is 10.1 Å². The SMILES string of the molecule is NCCS(=O)(=O)O.NN1CCN(Cc2ccccc2)CC1. The van der Waals surface area contributed by atoms with E-state index in [0.29, 0.717) is 0 Å². The van der Waals surface area contributed by atoms with Gasteiger partial charge in [0.1, 0.15) is 0 Å². The molecule has 0 saturated carbocycles. The van der Waals surface area contributed by atoms with Crippen LogP contribution in [0.1, 0.15) is 5.56 Å². The summed E-state index contributed by atoms with van der Waals surface area (Å²) in [6, 6.07) is 10.6. The Hall–Kier alpha value is -1.03. The van der Waals surface area contributed by atoms with Gasteiger partial charge in [0, 0.05) is 39.3 Å². The summed E-state index contributed by atoms with van der Waals surface area (Å²) in [6.07, 6.45) is 0. The molecule has 0 unspecified atom stereocenters. The van der Waals surface area contributed by atoms with Crippen LogP contribution in [0, 0.1) is 0 Å². The van der Waals surface area contributed by atoms with E-state index < -0.39 is 10.1 Å². The second kappa shape index (κ2) is 9.08. The van der Waals surface area contributed by atoms with Gasteiger partial charge in [0.05, 0.1) is 5.75 Å². The average Bonchev–Trinajstić information content (AvgIpc) is 2.42. The van der Waals surface area contributed by atoms with Crippen molar-refractivity contribution in [3.8, 4) is 0 Å². The third kappa shape index (κ3) is 8.76. The van der Waals surface area contributed by atoms with E-state index in [-0.39, 0.29) is 12.3 Å². The molecule has 0 aromatic heterocycles. The van der Waals surface area contributed by atoms with Gasteiger partial charge in [-0.05, 0) is 5.56 Å². The molecule has 0 aliphatic carbocycles. The summed E-state index contributed by atoms with van der Waals surface area (Å²) in [6.45, 7) is 5.13. The maximum atomic E-state index is 9.71. The summed E-state index contributed by atoms with van der Waals surface area (Å²) in [5, 5.41) is 1.89. The van der Waals surface area contributed by atoms with Crippen LogP contribution in [0.2, 0.25) is 0 Å². The van der Waals surface area contributed by atoms with Crippen LogP contribution in [0.4, 0.5) is 0 Å². The zero-order valence-corrected chi connectivity index (χ0v) is 12.9. The van der Waals surface area contributed by atoms with Gasteiger partial charge < -0.3 is 5.73 Å². The van der Waals surface area contributed by atoms with Crippen LogP contribution in [0.5, 0.6) is 0 Å². The molecule has 1 aromatic carbocycles. The van der Waals surface area contributed by atoms with Crippen LogP contribution in [0.25, 0.3) is 0 Å². The summed E-state index contributed by atoms with van der Waals surface area (Å²) in [5.74, 6) is 5.34. The molecule has 0 bridgehead atoms. The maximum absolute atomic E-state index is 9.71. The molecule has 7 nitrogen and oxygen atoms in total. The fourth-order valence-corrected chi connectivity index (χ4v) is 2.21. The zero-order valence-electron chi connectivity index (χ0n) is 12.1. The Kier molecular flexibility index (Phi) is 7.79. The number of benzene rings is 1. The van der Waals surface area contributed by atoms with Crippen molar-refractivity contribution in [2.75, 3.05) is 38.5 Å². The Morgan fingerprint density at radius 2 is 1.67 bits per heavy atom. The van der Waals surface area contributed by atoms with E-state index in [1.54, 1.807) is 0 Å². The minimum absolute atomic E-state index is 0.0289. The van der Waals surface area contributed by atoms with Crippen LogP contribution in [-0.2, 0) is 16.7 Å². The minimum atomic E-state index is -3.80. The third-order valence-corrected chi connectivity index (χ3v) is 3.78. The van der Waals surface area contributed by atoms with Crippen LogP contribution in [-0.4, -0.2) is 61.4 Å². The first kappa shape index (κ1) is 18.0. The zero-order chi connectivity index (χ0) is 15.7. The van der Waals surface area contributed by atoms with E-state index in [9.17, 15) is 8.42 Å². The first-order chi connectivity index (χ1) is 9.90. The van der Waals surface area contributed by atoms with Gasteiger partial charge in [-0.25, -0.2) is 5.01 Å². The largest absolute Gasteiger partial charge is 0.329 e. The van der Waals surface area contributed by atoms with E-state index in [1.807, 2.05) is 5.01 Å². The van der Waals surface area contributed by atoms with Crippen molar-refractivity contribution in [2.24, 2.45) is 11.6 Å². The average molecular weight is 316 g/mol. The van der Waals surface area contributed by atoms with E-state index in [1.165, 1.54) is 5.56 Å². The smallest absolute Gasteiger partial charge is 0.266 e. The van der Waals surface area contributed by atoms with Gasteiger partial charge in [-0.1, -0.05) is 30.3 Å². The Bertz CT molecular complexity index is 487. The highest BCUT2D eigenvalue weighted by molar-refractivity contribution is 7.85. The van der Waals surface area contributed by atoms with Gasteiger partial charge in [0.2, 0.25) is 0 Å². The highest BCUT2D eigenvalue weighted by atomic mass is 32.2. The molecule has 0 spiro atoms. The fraction of sp³-hybridized carbons (Fsp3) is 0.538. The normalized spacial score (nSPS) is 17.1. The molecule has 0 amide bonds. The molecule has 120 valence electrons. The molecular formula is C13H24N4O3S. The van der Waals surface area contributed by atoms with E-state index in [0.717, 1.165) is 32.7 Å². The Morgan fingerprint density at radius 1 is 1.10 bits per heavy atom. The summed E-state index contributed by atoms with van der Waals surface area (Å²) >= 11 is 0. The van der Waals surface area contributed by atoms with Crippen molar-refractivity contribution in [3.05, 3.63) is 35.9 Å². The van der Waals surface area contributed by atoms with Gasteiger partial charge in [0.15, 0.2) is 0 Å². The first-order valence-corrected chi connectivity index (χ1v) is 8.43. The van der Waals surface area contributed by atoms with E-state index >= 15 is 0 Å². The lowest BCUT2D eigenvalue weighted by Crippen LogP contribution is -2.48. The van der Waals surface area contributed by atoms with Gasteiger partial charge in [-0.3, -0.25) is 15.3 Å².